The Kier molecular flexibility index (Phi) is 4.21. The van der Waals surface area contributed by atoms with Gasteiger partial charge in [0.25, 0.3) is 0 Å². The van der Waals surface area contributed by atoms with E-state index in [-0.39, 0.29) is 0 Å². The lowest BCUT2D eigenvalue weighted by molar-refractivity contribution is 0.399. The van der Waals surface area contributed by atoms with Crippen molar-refractivity contribution in [3.63, 3.8) is 0 Å². The highest BCUT2D eigenvalue weighted by Gasteiger charge is 2.18. The summed E-state index contributed by atoms with van der Waals surface area (Å²) in [6.07, 6.45) is 1.61. The lowest BCUT2D eigenvalue weighted by Gasteiger charge is -2.13. The molecule has 0 aromatic heterocycles. The number of rotatable bonds is 4. The van der Waals surface area contributed by atoms with Gasteiger partial charge in [0.05, 0.1) is 0 Å². The van der Waals surface area contributed by atoms with E-state index in [1.54, 1.807) is 12.1 Å². The third-order valence-electron chi connectivity index (χ3n) is 2.18. The van der Waals surface area contributed by atoms with Gasteiger partial charge in [0.1, 0.15) is 5.75 Å². The van der Waals surface area contributed by atoms with Crippen molar-refractivity contribution in [3.8, 4) is 5.75 Å². The van der Waals surface area contributed by atoms with Crippen LogP contribution in [0.2, 0.25) is 0 Å². The minimum atomic E-state index is -3.99. The van der Waals surface area contributed by atoms with E-state index in [2.05, 4.69) is 0 Å². The number of hydrogen-bond acceptors (Lipinski definition) is 2. The van der Waals surface area contributed by atoms with Crippen LogP contribution in [0.15, 0.2) is 18.2 Å². The van der Waals surface area contributed by atoms with Gasteiger partial charge in [0, 0.05) is 11.2 Å². The summed E-state index contributed by atoms with van der Waals surface area (Å²) in [6.45, 7) is 0.00959. The molecule has 5 heteroatoms. The smallest absolute Gasteiger partial charge is 0.413 e. The lowest BCUT2D eigenvalue weighted by Crippen LogP contribution is -1.96. The van der Waals surface area contributed by atoms with E-state index < -0.39 is 6.95 Å². The van der Waals surface area contributed by atoms with Crippen LogP contribution in [0.5, 0.6) is 5.75 Å². The zero-order valence-corrected chi connectivity index (χ0v) is 10.4. The van der Waals surface area contributed by atoms with Gasteiger partial charge in [0.15, 0.2) is 0 Å². The SMILES string of the molecule is CCc1cccc(OP(=O)(O)Cl)c1CC. The largest absolute Gasteiger partial charge is 0.474 e. The zero-order valence-electron chi connectivity index (χ0n) is 8.74. The molecule has 0 saturated heterocycles. The first-order valence-electron chi connectivity index (χ1n) is 4.80. The molecule has 15 heavy (non-hydrogen) atoms. The standard InChI is InChI=1S/C10H14ClO3P/c1-3-8-6-5-7-10(9(8)4-2)14-15(11,12)13/h5-7H,3-4H2,1-2H3,(H,12,13). The van der Waals surface area contributed by atoms with Gasteiger partial charge >= 0.3 is 6.95 Å². The first kappa shape index (κ1) is 12.6. The molecule has 0 radical (unpaired) electrons. The molecule has 0 amide bonds. The van der Waals surface area contributed by atoms with E-state index in [4.69, 9.17) is 20.7 Å². The molecule has 0 fully saturated rings. The van der Waals surface area contributed by atoms with E-state index >= 15 is 0 Å². The van der Waals surface area contributed by atoms with Gasteiger partial charge in [-0.05, 0) is 30.0 Å². The van der Waals surface area contributed by atoms with Crippen LogP contribution in [0.3, 0.4) is 0 Å². The topological polar surface area (TPSA) is 46.5 Å². The number of benzene rings is 1. The summed E-state index contributed by atoms with van der Waals surface area (Å²) in [6, 6.07) is 5.42. The van der Waals surface area contributed by atoms with Crippen molar-refractivity contribution in [1.29, 1.82) is 0 Å². The molecular formula is C10H14ClO3P. The van der Waals surface area contributed by atoms with E-state index in [1.165, 1.54) is 0 Å². The highest BCUT2D eigenvalue weighted by Crippen LogP contribution is 2.48. The van der Waals surface area contributed by atoms with Gasteiger partial charge in [-0.3, -0.25) is 0 Å². The normalized spacial score (nSPS) is 14.7. The van der Waals surface area contributed by atoms with Crippen molar-refractivity contribution in [2.75, 3.05) is 0 Å². The Morgan fingerprint density at radius 2 is 2.07 bits per heavy atom. The average molecular weight is 249 g/mol. The number of hydrogen-bond donors (Lipinski definition) is 1. The van der Waals surface area contributed by atoms with E-state index in [0.29, 0.717) is 5.75 Å². The lowest BCUT2D eigenvalue weighted by atomic mass is 10.0. The van der Waals surface area contributed by atoms with Gasteiger partial charge in [-0.25, -0.2) is 4.57 Å². The molecule has 1 rings (SSSR count). The molecular weight excluding hydrogens is 235 g/mol. The predicted octanol–water partition coefficient (Wildman–Crippen LogP) is 3.53. The summed E-state index contributed by atoms with van der Waals surface area (Å²) in [5, 5.41) is 0. The van der Waals surface area contributed by atoms with Crippen LogP contribution in [-0.4, -0.2) is 4.89 Å². The Morgan fingerprint density at radius 1 is 1.40 bits per heavy atom. The van der Waals surface area contributed by atoms with Crippen LogP contribution < -0.4 is 4.52 Å². The average Bonchev–Trinajstić information content (AvgIpc) is 2.15. The van der Waals surface area contributed by atoms with Gasteiger partial charge in [0.2, 0.25) is 0 Å². The quantitative estimate of drug-likeness (QED) is 0.829. The van der Waals surface area contributed by atoms with Gasteiger partial charge in [-0.2, -0.15) is 0 Å². The molecule has 0 aliphatic rings. The minimum Gasteiger partial charge on any atom is -0.413 e. The predicted molar refractivity (Wildman–Crippen MR) is 61.5 cm³/mol. The van der Waals surface area contributed by atoms with Gasteiger partial charge in [-0.15, -0.1) is 0 Å². The summed E-state index contributed by atoms with van der Waals surface area (Å²) in [5.41, 5.74) is 2.05. The van der Waals surface area contributed by atoms with Gasteiger partial charge in [-0.1, -0.05) is 26.0 Å². The molecule has 0 bridgehead atoms. The molecule has 0 aliphatic heterocycles. The summed E-state index contributed by atoms with van der Waals surface area (Å²) < 4.78 is 15.8. The molecule has 1 N–H and O–H groups in total. The zero-order chi connectivity index (χ0) is 11.5. The molecule has 1 atom stereocenters. The van der Waals surface area contributed by atoms with Crippen LogP contribution in [0.1, 0.15) is 25.0 Å². The minimum absolute atomic E-state index is 0.401. The molecule has 0 aliphatic carbocycles. The maximum Gasteiger partial charge on any atom is 0.474 e. The Morgan fingerprint density at radius 3 is 2.53 bits per heavy atom. The third kappa shape index (κ3) is 3.53. The van der Waals surface area contributed by atoms with Crippen LogP contribution >= 0.6 is 18.2 Å². The fourth-order valence-electron chi connectivity index (χ4n) is 1.55. The summed E-state index contributed by atoms with van der Waals surface area (Å²) in [4.78, 5) is 8.95. The maximum absolute atomic E-state index is 11.0. The van der Waals surface area contributed by atoms with Crippen LogP contribution in [0.4, 0.5) is 0 Å². The first-order valence-corrected chi connectivity index (χ1v) is 7.29. The molecule has 3 nitrogen and oxygen atoms in total. The Balaban J connectivity index is 3.12. The Labute approximate surface area is 94.4 Å². The second-order valence-electron chi connectivity index (χ2n) is 3.14. The second-order valence-corrected chi connectivity index (χ2v) is 5.51. The van der Waals surface area contributed by atoms with Crippen molar-refractivity contribution in [1.82, 2.24) is 0 Å². The molecule has 0 heterocycles. The molecule has 84 valence electrons. The Hall–Kier alpha value is -0.500. The van der Waals surface area contributed by atoms with E-state index in [1.807, 2.05) is 19.9 Å². The number of aryl methyl sites for hydroxylation is 1. The van der Waals surface area contributed by atoms with Crippen LogP contribution in [-0.2, 0) is 17.4 Å². The van der Waals surface area contributed by atoms with Crippen molar-refractivity contribution in [3.05, 3.63) is 29.3 Å². The molecule has 1 aromatic rings. The third-order valence-corrected chi connectivity index (χ3v) is 2.80. The highest BCUT2D eigenvalue weighted by molar-refractivity contribution is 7.80. The summed E-state index contributed by atoms with van der Waals surface area (Å²) >= 11 is 5.18. The fourth-order valence-corrected chi connectivity index (χ4v) is 2.19. The summed E-state index contributed by atoms with van der Waals surface area (Å²) in [7, 11) is 0. The van der Waals surface area contributed by atoms with Crippen molar-refractivity contribution in [2.45, 2.75) is 26.7 Å². The molecule has 0 spiro atoms. The highest BCUT2D eigenvalue weighted by atomic mass is 35.7. The van der Waals surface area contributed by atoms with E-state index in [9.17, 15) is 4.57 Å². The second kappa shape index (κ2) is 5.02. The van der Waals surface area contributed by atoms with Crippen LogP contribution in [0, 0.1) is 0 Å². The fraction of sp³-hybridized carbons (Fsp3) is 0.400. The van der Waals surface area contributed by atoms with Crippen molar-refractivity contribution < 1.29 is 14.0 Å². The van der Waals surface area contributed by atoms with Crippen molar-refractivity contribution in [2.24, 2.45) is 0 Å². The summed E-state index contributed by atoms with van der Waals surface area (Å²) in [5.74, 6) is 0.401. The van der Waals surface area contributed by atoms with Crippen molar-refractivity contribution >= 4 is 18.2 Å². The number of halogens is 1. The molecule has 1 unspecified atom stereocenters. The molecule has 1 aromatic carbocycles. The monoisotopic (exact) mass is 248 g/mol. The Bertz CT molecular complexity index is 386. The molecule has 0 saturated carbocycles. The first-order chi connectivity index (χ1) is 6.98. The van der Waals surface area contributed by atoms with Crippen LogP contribution in [0.25, 0.3) is 0 Å². The van der Waals surface area contributed by atoms with E-state index in [0.717, 1.165) is 24.0 Å². The van der Waals surface area contributed by atoms with Gasteiger partial charge < -0.3 is 9.42 Å². The maximum atomic E-state index is 11.0.